The Morgan fingerprint density at radius 2 is 1.19 bits per heavy atom. The summed E-state index contributed by atoms with van der Waals surface area (Å²) in [7, 11) is 0. The van der Waals surface area contributed by atoms with Crippen LogP contribution in [-0.2, 0) is 0 Å². The normalized spacial score (nSPS) is 12.0. The largest absolute Gasteiger partial charge is 0.384 e. The van der Waals surface area contributed by atoms with Gasteiger partial charge in [-0.3, -0.25) is 0 Å². The quantitative estimate of drug-likeness (QED) is 0.316. The number of hydrogen-bond donors (Lipinski definition) is 3. The van der Waals surface area contributed by atoms with Crippen molar-refractivity contribution >= 4 is 0 Å². The number of rotatable bonds is 14. The number of aliphatic hydroxyl groups is 3. The Labute approximate surface area is 167 Å². The average molecular weight is 375 g/mol. The summed E-state index contributed by atoms with van der Waals surface area (Å²) in [5.74, 6) is 16.2. The lowest BCUT2D eigenvalue weighted by Crippen LogP contribution is -2.02. The zero-order valence-corrected chi connectivity index (χ0v) is 17.1. The zero-order chi connectivity index (χ0) is 20.0. The van der Waals surface area contributed by atoms with Crippen LogP contribution in [0.3, 0.4) is 0 Å². The highest BCUT2D eigenvalue weighted by Gasteiger charge is 2.00. The van der Waals surface area contributed by atoms with Crippen molar-refractivity contribution in [3.8, 4) is 35.5 Å². The molecule has 0 aromatic heterocycles. The monoisotopic (exact) mass is 374 g/mol. The van der Waals surface area contributed by atoms with Crippen LogP contribution >= 0.6 is 0 Å². The molecule has 3 heteroatoms. The fourth-order valence-electron chi connectivity index (χ4n) is 2.74. The van der Waals surface area contributed by atoms with E-state index in [1.54, 1.807) is 0 Å². The van der Waals surface area contributed by atoms with E-state index in [9.17, 15) is 10.2 Å². The molecule has 0 spiro atoms. The van der Waals surface area contributed by atoms with Crippen LogP contribution in [0.1, 0.15) is 96.8 Å². The van der Waals surface area contributed by atoms with Crippen LogP contribution in [0, 0.1) is 35.5 Å². The van der Waals surface area contributed by atoms with Gasteiger partial charge in [-0.2, -0.15) is 0 Å². The van der Waals surface area contributed by atoms with Crippen LogP contribution in [0.25, 0.3) is 0 Å². The predicted molar refractivity (Wildman–Crippen MR) is 113 cm³/mol. The Kier molecular flexibility index (Phi) is 19.8. The van der Waals surface area contributed by atoms with Crippen LogP contribution in [0.5, 0.6) is 0 Å². The summed E-state index contributed by atoms with van der Waals surface area (Å²) < 4.78 is 0. The second-order valence-corrected chi connectivity index (χ2v) is 6.94. The first kappa shape index (κ1) is 25.6. The summed E-state index contributed by atoms with van der Waals surface area (Å²) in [4.78, 5) is 0. The van der Waals surface area contributed by atoms with Crippen LogP contribution in [0.4, 0.5) is 0 Å². The first-order valence-corrected chi connectivity index (χ1v) is 10.6. The zero-order valence-electron chi connectivity index (χ0n) is 17.1. The summed E-state index contributed by atoms with van der Waals surface area (Å²) in [6, 6.07) is 0. The Morgan fingerprint density at radius 3 is 1.81 bits per heavy atom. The van der Waals surface area contributed by atoms with Crippen molar-refractivity contribution in [2.75, 3.05) is 6.61 Å². The molecule has 0 rings (SSSR count). The molecule has 0 fully saturated rings. The van der Waals surface area contributed by atoms with Gasteiger partial charge < -0.3 is 15.3 Å². The molecule has 0 amide bonds. The molecule has 0 unspecified atom stereocenters. The topological polar surface area (TPSA) is 60.7 Å². The Bertz CT molecular complexity index is 507. The van der Waals surface area contributed by atoms with E-state index in [4.69, 9.17) is 5.11 Å². The number of hydrogen-bond acceptors (Lipinski definition) is 3. The van der Waals surface area contributed by atoms with Crippen LogP contribution < -0.4 is 0 Å². The van der Waals surface area contributed by atoms with Gasteiger partial charge in [0.25, 0.3) is 0 Å². The maximum absolute atomic E-state index is 9.86. The van der Waals surface area contributed by atoms with Crippen LogP contribution in [-0.4, -0.2) is 34.1 Å². The molecule has 152 valence electrons. The van der Waals surface area contributed by atoms with Gasteiger partial charge >= 0.3 is 0 Å². The highest BCUT2D eigenvalue weighted by atomic mass is 16.3. The minimum atomic E-state index is -0.627. The standard InChI is InChI=1S/C24H38O3/c1-2-3-4-5-6-9-13-18-23(26)19-14-10-7-8-11-15-20-24(27)21-16-12-17-22-25/h23-27H,2-11,14-15,19-20,22H2,1H3/t23-,24-/m1/s1. The van der Waals surface area contributed by atoms with Gasteiger partial charge in [0.2, 0.25) is 0 Å². The second kappa shape index (κ2) is 20.9. The van der Waals surface area contributed by atoms with Crippen molar-refractivity contribution in [3.05, 3.63) is 0 Å². The van der Waals surface area contributed by atoms with Crippen molar-refractivity contribution in [2.45, 2.75) is 109 Å². The molecule has 3 nitrogen and oxygen atoms in total. The molecule has 0 bridgehead atoms. The van der Waals surface area contributed by atoms with Gasteiger partial charge in [-0.05, 0) is 43.9 Å². The van der Waals surface area contributed by atoms with Gasteiger partial charge in [0.1, 0.15) is 18.8 Å². The van der Waals surface area contributed by atoms with Gasteiger partial charge in [-0.25, -0.2) is 0 Å². The Balaban J connectivity index is 3.46. The fourth-order valence-corrected chi connectivity index (χ4v) is 2.74. The van der Waals surface area contributed by atoms with Crippen LogP contribution in [0.2, 0.25) is 0 Å². The summed E-state index contributed by atoms with van der Waals surface area (Å²) in [5, 5.41) is 28.0. The van der Waals surface area contributed by atoms with E-state index < -0.39 is 12.2 Å². The van der Waals surface area contributed by atoms with Crippen molar-refractivity contribution in [1.82, 2.24) is 0 Å². The second-order valence-electron chi connectivity index (χ2n) is 6.94. The SMILES string of the molecule is CCCCCCCC#C[C@@H](O)CCCCCCCC[C@@H](O)C#CC#CCO. The molecule has 0 heterocycles. The van der Waals surface area contributed by atoms with E-state index >= 15 is 0 Å². The Morgan fingerprint density at radius 1 is 0.630 bits per heavy atom. The average Bonchev–Trinajstić information content (AvgIpc) is 2.66. The Hall–Kier alpha value is -1.44. The maximum Gasteiger partial charge on any atom is 0.115 e. The molecule has 0 saturated carbocycles. The van der Waals surface area contributed by atoms with E-state index in [2.05, 4.69) is 42.4 Å². The molecule has 0 aliphatic rings. The molecule has 0 radical (unpaired) electrons. The van der Waals surface area contributed by atoms with E-state index in [0.29, 0.717) is 6.42 Å². The highest BCUT2D eigenvalue weighted by molar-refractivity contribution is 5.27. The third-order valence-corrected chi connectivity index (χ3v) is 4.35. The van der Waals surface area contributed by atoms with Crippen LogP contribution in [0.15, 0.2) is 0 Å². The molecule has 0 aromatic rings. The van der Waals surface area contributed by atoms with E-state index in [-0.39, 0.29) is 6.61 Å². The molecule has 2 atom stereocenters. The van der Waals surface area contributed by atoms with Gasteiger partial charge in [0, 0.05) is 6.42 Å². The van der Waals surface area contributed by atoms with Crippen molar-refractivity contribution in [1.29, 1.82) is 0 Å². The minimum absolute atomic E-state index is 0.201. The third-order valence-electron chi connectivity index (χ3n) is 4.35. The molecule has 27 heavy (non-hydrogen) atoms. The van der Waals surface area contributed by atoms with Crippen molar-refractivity contribution in [2.24, 2.45) is 0 Å². The van der Waals surface area contributed by atoms with Crippen molar-refractivity contribution < 1.29 is 15.3 Å². The summed E-state index contributed by atoms with van der Waals surface area (Å²) in [6.45, 7) is 2.02. The molecule has 3 N–H and O–H groups in total. The van der Waals surface area contributed by atoms with E-state index in [1.807, 2.05) is 0 Å². The maximum atomic E-state index is 9.86. The molecule has 0 saturated heterocycles. The molecule has 0 aliphatic heterocycles. The summed E-state index contributed by atoms with van der Waals surface area (Å²) >= 11 is 0. The summed E-state index contributed by atoms with van der Waals surface area (Å²) in [6.07, 6.45) is 14.0. The lowest BCUT2D eigenvalue weighted by molar-refractivity contribution is 0.214. The van der Waals surface area contributed by atoms with Crippen molar-refractivity contribution in [3.63, 3.8) is 0 Å². The molecule has 0 aliphatic carbocycles. The number of aliphatic hydroxyl groups excluding tert-OH is 3. The van der Waals surface area contributed by atoms with Gasteiger partial charge in [0.05, 0.1) is 0 Å². The van der Waals surface area contributed by atoms with E-state index in [1.165, 1.54) is 25.7 Å². The highest BCUT2D eigenvalue weighted by Crippen LogP contribution is 2.11. The lowest BCUT2D eigenvalue weighted by atomic mass is 10.0. The smallest absolute Gasteiger partial charge is 0.115 e. The molecular formula is C24H38O3. The van der Waals surface area contributed by atoms with Gasteiger partial charge in [-0.15, -0.1) is 5.92 Å². The first-order chi connectivity index (χ1) is 13.2. The molecule has 0 aromatic carbocycles. The van der Waals surface area contributed by atoms with E-state index in [0.717, 1.165) is 57.8 Å². The molecular weight excluding hydrogens is 336 g/mol. The fraction of sp³-hybridized carbons (Fsp3) is 0.750. The minimum Gasteiger partial charge on any atom is -0.384 e. The van der Waals surface area contributed by atoms with Gasteiger partial charge in [0.15, 0.2) is 0 Å². The lowest BCUT2D eigenvalue weighted by Gasteiger charge is -2.05. The predicted octanol–water partition coefficient (Wildman–Crippen LogP) is 4.19. The summed E-state index contributed by atoms with van der Waals surface area (Å²) in [5.41, 5.74) is 0. The van der Waals surface area contributed by atoms with Gasteiger partial charge in [-0.1, -0.05) is 76.1 Å². The first-order valence-electron chi connectivity index (χ1n) is 10.6. The number of unbranched alkanes of at least 4 members (excludes halogenated alkanes) is 10. The third kappa shape index (κ3) is 20.7.